The summed E-state index contributed by atoms with van der Waals surface area (Å²) in [5, 5.41) is 6.14. The summed E-state index contributed by atoms with van der Waals surface area (Å²) in [6.45, 7) is 9.30. The van der Waals surface area contributed by atoms with E-state index in [9.17, 15) is 4.79 Å². The van der Waals surface area contributed by atoms with E-state index in [0.717, 1.165) is 30.9 Å². The second-order valence-corrected chi connectivity index (χ2v) is 5.66. The van der Waals surface area contributed by atoms with Gasteiger partial charge in [0.05, 0.1) is 5.60 Å². The van der Waals surface area contributed by atoms with Crippen LogP contribution in [-0.4, -0.2) is 36.7 Å². The molecule has 0 aromatic carbocycles. The van der Waals surface area contributed by atoms with Crippen molar-refractivity contribution in [1.29, 1.82) is 0 Å². The van der Waals surface area contributed by atoms with Crippen molar-refractivity contribution in [3.05, 3.63) is 23.4 Å². The highest BCUT2D eigenvalue weighted by Gasteiger charge is 2.18. The van der Waals surface area contributed by atoms with Gasteiger partial charge in [-0.15, -0.1) is 0 Å². The zero-order valence-electron chi connectivity index (χ0n) is 13.7. The van der Waals surface area contributed by atoms with Crippen molar-refractivity contribution in [2.45, 2.75) is 46.1 Å². The van der Waals surface area contributed by atoms with Gasteiger partial charge in [0.25, 0.3) is 5.91 Å². The molecule has 0 unspecified atom stereocenters. The number of carbonyl (C=O) groups is 1. The normalized spacial score (nSPS) is 11.3. The number of anilines is 1. The van der Waals surface area contributed by atoms with E-state index in [1.807, 2.05) is 26.8 Å². The monoisotopic (exact) mass is 293 g/mol. The summed E-state index contributed by atoms with van der Waals surface area (Å²) in [6, 6.07) is 3.64. The Hall–Kier alpha value is -1.62. The zero-order chi connectivity index (χ0) is 15.9. The highest BCUT2D eigenvalue weighted by atomic mass is 16.5. The molecular weight excluding hydrogens is 266 g/mol. The molecule has 0 bridgehead atoms. The first kappa shape index (κ1) is 17.4. The predicted molar refractivity (Wildman–Crippen MR) is 85.8 cm³/mol. The first-order chi connectivity index (χ1) is 9.91. The average molecular weight is 293 g/mol. The van der Waals surface area contributed by atoms with Crippen molar-refractivity contribution in [2.75, 3.05) is 25.5 Å². The Labute approximate surface area is 127 Å². The smallest absolute Gasteiger partial charge is 0.251 e. The summed E-state index contributed by atoms with van der Waals surface area (Å²) in [7, 11) is 1.64. The van der Waals surface area contributed by atoms with Crippen LogP contribution in [0.5, 0.6) is 0 Å². The standard InChI is InChI=1S/C16H27N3O2/c1-6-8-17-14-10-12(9-13(7-2)19-14)15(20)18-11-16(3,4)21-5/h9-10H,6-8,11H2,1-5H3,(H,17,19)(H,18,20). The molecule has 2 N–H and O–H groups in total. The number of hydrogen-bond donors (Lipinski definition) is 2. The fourth-order valence-electron chi connectivity index (χ4n) is 1.71. The molecule has 21 heavy (non-hydrogen) atoms. The molecule has 0 aliphatic carbocycles. The lowest BCUT2D eigenvalue weighted by molar-refractivity contribution is 0.0229. The number of carbonyl (C=O) groups excluding carboxylic acids is 1. The van der Waals surface area contributed by atoms with Gasteiger partial charge >= 0.3 is 0 Å². The Balaban J connectivity index is 2.82. The molecule has 0 atom stereocenters. The summed E-state index contributed by atoms with van der Waals surface area (Å²) in [4.78, 5) is 16.8. The van der Waals surface area contributed by atoms with Crippen molar-refractivity contribution < 1.29 is 9.53 Å². The third-order valence-electron chi connectivity index (χ3n) is 3.29. The van der Waals surface area contributed by atoms with Crippen LogP contribution >= 0.6 is 0 Å². The Morgan fingerprint density at radius 3 is 2.62 bits per heavy atom. The molecule has 1 rings (SSSR count). The number of pyridine rings is 1. The van der Waals surface area contributed by atoms with E-state index in [2.05, 4.69) is 22.5 Å². The van der Waals surface area contributed by atoms with E-state index in [1.165, 1.54) is 0 Å². The summed E-state index contributed by atoms with van der Waals surface area (Å²) >= 11 is 0. The van der Waals surface area contributed by atoms with Crippen molar-refractivity contribution in [2.24, 2.45) is 0 Å². The van der Waals surface area contributed by atoms with Gasteiger partial charge in [-0.25, -0.2) is 4.98 Å². The maximum absolute atomic E-state index is 12.3. The van der Waals surface area contributed by atoms with E-state index >= 15 is 0 Å². The van der Waals surface area contributed by atoms with Gasteiger partial charge in [-0.3, -0.25) is 4.79 Å². The Morgan fingerprint density at radius 1 is 1.33 bits per heavy atom. The Kier molecular flexibility index (Phi) is 6.62. The van der Waals surface area contributed by atoms with E-state index in [4.69, 9.17) is 4.74 Å². The van der Waals surface area contributed by atoms with Crippen LogP contribution in [0.2, 0.25) is 0 Å². The molecule has 5 heteroatoms. The summed E-state index contributed by atoms with van der Waals surface area (Å²) in [6.07, 6.45) is 1.81. The molecule has 5 nitrogen and oxygen atoms in total. The van der Waals surface area contributed by atoms with Crippen LogP contribution in [0.4, 0.5) is 5.82 Å². The molecule has 0 aliphatic rings. The minimum Gasteiger partial charge on any atom is -0.377 e. The quantitative estimate of drug-likeness (QED) is 0.773. The maximum Gasteiger partial charge on any atom is 0.251 e. The number of aromatic nitrogens is 1. The summed E-state index contributed by atoms with van der Waals surface area (Å²) in [5.41, 5.74) is 1.17. The molecule has 1 aromatic rings. The second-order valence-electron chi connectivity index (χ2n) is 5.66. The maximum atomic E-state index is 12.3. The fourth-order valence-corrected chi connectivity index (χ4v) is 1.71. The van der Waals surface area contributed by atoms with Crippen LogP contribution in [0.1, 0.15) is 50.2 Å². The van der Waals surface area contributed by atoms with Crippen molar-refractivity contribution >= 4 is 11.7 Å². The van der Waals surface area contributed by atoms with Gasteiger partial charge in [-0.05, 0) is 38.8 Å². The molecular formula is C16H27N3O2. The molecule has 0 saturated heterocycles. The van der Waals surface area contributed by atoms with Crippen LogP contribution in [0.3, 0.4) is 0 Å². The third kappa shape index (κ3) is 5.71. The predicted octanol–water partition coefficient (Wildman–Crippen LogP) is 2.62. The number of nitrogens with one attached hydrogen (secondary N) is 2. The van der Waals surface area contributed by atoms with Gasteiger partial charge in [0.15, 0.2) is 0 Å². The number of methoxy groups -OCH3 is 1. The van der Waals surface area contributed by atoms with Gasteiger partial charge in [-0.2, -0.15) is 0 Å². The summed E-state index contributed by atoms with van der Waals surface area (Å²) < 4.78 is 5.31. The van der Waals surface area contributed by atoms with Gasteiger partial charge in [-0.1, -0.05) is 13.8 Å². The molecule has 0 spiro atoms. The molecule has 118 valence electrons. The van der Waals surface area contributed by atoms with E-state index < -0.39 is 0 Å². The molecule has 0 radical (unpaired) electrons. The number of aryl methyl sites for hydroxylation is 1. The van der Waals surface area contributed by atoms with Crippen molar-refractivity contribution in [1.82, 2.24) is 10.3 Å². The molecule has 1 amide bonds. The first-order valence-corrected chi connectivity index (χ1v) is 7.50. The third-order valence-corrected chi connectivity index (χ3v) is 3.29. The van der Waals surface area contributed by atoms with Gasteiger partial charge < -0.3 is 15.4 Å². The highest BCUT2D eigenvalue weighted by Crippen LogP contribution is 2.12. The van der Waals surface area contributed by atoms with Crippen LogP contribution in [0, 0.1) is 0 Å². The number of hydrogen-bond acceptors (Lipinski definition) is 4. The molecule has 1 heterocycles. The minimum atomic E-state index is -0.375. The Morgan fingerprint density at radius 2 is 2.05 bits per heavy atom. The number of ether oxygens (including phenoxy) is 1. The first-order valence-electron chi connectivity index (χ1n) is 7.50. The topological polar surface area (TPSA) is 63.2 Å². The lowest BCUT2D eigenvalue weighted by Gasteiger charge is -2.23. The van der Waals surface area contributed by atoms with E-state index in [0.29, 0.717) is 12.1 Å². The average Bonchev–Trinajstić information content (AvgIpc) is 2.50. The fraction of sp³-hybridized carbons (Fsp3) is 0.625. The Bertz CT molecular complexity index is 473. The van der Waals surface area contributed by atoms with Crippen LogP contribution in [0.15, 0.2) is 12.1 Å². The molecule has 0 aliphatic heterocycles. The molecule has 0 fully saturated rings. The van der Waals surface area contributed by atoms with Gasteiger partial charge in [0, 0.05) is 31.5 Å². The highest BCUT2D eigenvalue weighted by molar-refractivity contribution is 5.95. The van der Waals surface area contributed by atoms with Crippen LogP contribution in [0.25, 0.3) is 0 Å². The summed E-state index contributed by atoms with van der Waals surface area (Å²) in [5.74, 6) is 0.657. The number of amides is 1. The SMILES string of the molecule is CCCNc1cc(C(=O)NCC(C)(C)OC)cc(CC)n1. The number of rotatable bonds is 8. The van der Waals surface area contributed by atoms with Crippen LogP contribution < -0.4 is 10.6 Å². The van der Waals surface area contributed by atoms with Gasteiger partial charge in [0.1, 0.15) is 5.82 Å². The number of nitrogens with zero attached hydrogens (tertiary/aromatic N) is 1. The zero-order valence-corrected chi connectivity index (χ0v) is 13.7. The van der Waals surface area contributed by atoms with E-state index in [-0.39, 0.29) is 11.5 Å². The molecule has 0 saturated carbocycles. The second kappa shape index (κ2) is 7.98. The molecule has 1 aromatic heterocycles. The minimum absolute atomic E-state index is 0.100. The van der Waals surface area contributed by atoms with Crippen molar-refractivity contribution in [3.63, 3.8) is 0 Å². The lowest BCUT2D eigenvalue weighted by Crippen LogP contribution is -2.39. The van der Waals surface area contributed by atoms with Gasteiger partial charge in [0.2, 0.25) is 0 Å². The van der Waals surface area contributed by atoms with Crippen LogP contribution in [-0.2, 0) is 11.2 Å². The lowest BCUT2D eigenvalue weighted by atomic mass is 10.1. The van der Waals surface area contributed by atoms with E-state index in [1.54, 1.807) is 13.2 Å². The largest absolute Gasteiger partial charge is 0.377 e. The van der Waals surface area contributed by atoms with Crippen molar-refractivity contribution in [3.8, 4) is 0 Å².